The molecule has 37 heavy (non-hydrogen) atoms. The second-order valence-electron chi connectivity index (χ2n) is 9.67. The fourth-order valence-electron chi connectivity index (χ4n) is 5.17. The number of anilines is 1. The van der Waals surface area contributed by atoms with Gasteiger partial charge in [-0.15, -0.1) is 0 Å². The van der Waals surface area contributed by atoms with Crippen molar-refractivity contribution in [2.75, 3.05) is 11.6 Å². The summed E-state index contributed by atoms with van der Waals surface area (Å²) in [5, 5.41) is 12.0. The first-order valence-corrected chi connectivity index (χ1v) is 12.8. The molecule has 9 heteroatoms. The van der Waals surface area contributed by atoms with Crippen LogP contribution in [0.15, 0.2) is 71.6 Å². The Morgan fingerprint density at radius 1 is 1.14 bits per heavy atom. The molecule has 191 valence electrons. The lowest BCUT2D eigenvalue weighted by atomic mass is 9.77. The Bertz CT molecular complexity index is 1260. The van der Waals surface area contributed by atoms with Crippen molar-refractivity contribution >= 4 is 35.0 Å². The number of amides is 1. The van der Waals surface area contributed by atoms with Gasteiger partial charge in [0.05, 0.1) is 0 Å². The Morgan fingerprint density at radius 2 is 1.89 bits per heavy atom. The number of amidine groups is 1. The van der Waals surface area contributed by atoms with Gasteiger partial charge in [0.15, 0.2) is 11.9 Å². The highest BCUT2D eigenvalue weighted by Gasteiger charge is 2.35. The monoisotopic (exact) mass is 522 g/mol. The van der Waals surface area contributed by atoms with Crippen molar-refractivity contribution in [3.8, 4) is 0 Å². The third-order valence-electron chi connectivity index (χ3n) is 7.24. The molecule has 0 saturated heterocycles. The first kappa shape index (κ1) is 25.2. The van der Waals surface area contributed by atoms with Crippen molar-refractivity contribution in [1.29, 1.82) is 0 Å². The topological polar surface area (TPSA) is 87.9 Å². The van der Waals surface area contributed by atoms with Crippen molar-refractivity contribution in [1.82, 2.24) is 10.2 Å². The molecule has 0 spiro atoms. The Kier molecular flexibility index (Phi) is 7.39. The highest BCUT2D eigenvalue weighted by Crippen LogP contribution is 2.37. The molecule has 1 aliphatic carbocycles. The molecule has 3 aliphatic rings. The van der Waals surface area contributed by atoms with Gasteiger partial charge in [-0.1, -0.05) is 34.7 Å². The summed E-state index contributed by atoms with van der Waals surface area (Å²) in [4.78, 5) is 32.0. The van der Waals surface area contributed by atoms with Gasteiger partial charge in [0.2, 0.25) is 6.67 Å². The number of rotatable bonds is 7. The summed E-state index contributed by atoms with van der Waals surface area (Å²) in [7, 11) is 0. The number of benzene rings is 2. The molecule has 1 radical (unpaired) electrons. The first-order valence-electron chi connectivity index (χ1n) is 12.4. The van der Waals surface area contributed by atoms with Crippen molar-refractivity contribution in [3.05, 3.63) is 88.6 Å². The van der Waals surface area contributed by atoms with Crippen LogP contribution in [0.3, 0.4) is 0 Å². The van der Waals surface area contributed by atoms with Gasteiger partial charge in [-0.25, -0.2) is 4.39 Å². The van der Waals surface area contributed by atoms with E-state index in [0.717, 1.165) is 31.4 Å². The van der Waals surface area contributed by atoms with Crippen LogP contribution in [0.2, 0.25) is 5.02 Å². The zero-order valence-corrected chi connectivity index (χ0v) is 21.0. The first-order chi connectivity index (χ1) is 17.9. The molecule has 2 N–H and O–H groups in total. The summed E-state index contributed by atoms with van der Waals surface area (Å²) in [5.74, 6) is -0.142. The van der Waals surface area contributed by atoms with Gasteiger partial charge in [-0.2, -0.15) is 4.99 Å². The van der Waals surface area contributed by atoms with Crippen LogP contribution < -0.4 is 15.1 Å². The molecule has 7 nitrogen and oxygen atoms in total. The van der Waals surface area contributed by atoms with E-state index in [4.69, 9.17) is 16.7 Å². The number of carbonyl (C=O) groups is 2. The Hall–Kier alpha value is -3.49. The number of halogens is 2. The van der Waals surface area contributed by atoms with E-state index in [-0.39, 0.29) is 29.2 Å². The van der Waals surface area contributed by atoms with Gasteiger partial charge in [0.25, 0.3) is 11.7 Å². The summed E-state index contributed by atoms with van der Waals surface area (Å²) in [6, 6.07) is 12.9. The molecule has 1 amide bonds. The van der Waals surface area contributed by atoms with Crippen LogP contribution in [0.5, 0.6) is 0 Å². The van der Waals surface area contributed by atoms with E-state index in [2.05, 4.69) is 39.5 Å². The minimum atomic E-state index is -0.705. The minimum absolute atomic E-state index is 0.0257. The SMILES string of the molecule is O=C(O)CC1CCC(c2ccc(N3C=CC4=NC(C(=O)NCc5c(F)cccc5Cl)=C[N+]4C3)cc2)CC1. The summed E-state index contributed by atoms with van der Waals surface area (Å²) < 4.78 is 14.0. The predicted molar refractivity (Wildman–Crippen MR) is 141 cm³/mol. The van der Waals surface area contributed by atoms with Crippen LogP contribution in [0.4, 0.5) is 10.1 Å². The van der Waals surface area contributed by atoms with Crippen molar-refractivity contribution in [3.63, 3.8) is 0 Å². The van der Waals surface area contributed by atoms with Gasteiger partial charge in [-0.05, 0) is 67.3 Å². The standard InChI is InChI=1S/C28H28ClFN4O3/c29-23-2-1-3-24(30)22(23)15-31-28(37)25-16-34-17-33(13-12-26(34)32-25)21-10-8-20(9-11-21)19-6-4-18(5-7-19)14-27(35)36/h1-3,8-13,16,18-19H,4-7,14-15,17H2,(H,31,37)(H,35,36)/q+1. The zero-order valence-electron chi connectivity index (χ0n) is 20.2. The van der Waals surface area contributed by atoms with Gasteiger partial charge in [0, 0.05) is 41.5 Å². The number of carboxylic acid groups (broad SMARTS) is 1. The molecule has 0 atom stereocenters. The van der Waals surface area contributed by atoms with Gasteiger partial charge >= 0.3 is 5.97 Å². The highest BCUT2D eigenvalue weighted by molar-refractivity contribution is 6.31. The number of aliphatic imine (C=N–C) groups is 1. The predicted octanol–water partition coefficient (Wildman–Crippen LogP) is 5.23. The molecule has 0 unspecified atom stereocenters. The number of carboxylic acids is 1. The maximum absolute atomic E-state index is 14.0. The molecule has 2 aliphatic heterocycles. The Labute approximate surface area is 219 Å². The van der Waals surface area contributed by atoms with E-state index in [1.807, 2.05) is 17.2 Å². The lowest BCUT2D eigenvalue weighted by Gasteiger charge is -2.28. The number of fused-ring (bicyclic) bond motifs is 1. The normalized spacial score (nSPS) is 21.3. The molecule has 5 rings (SSSR count). The van der Waals surface area contributed by atoms with E-state index in [0.29, 0.717) is 24.3 Å². The lowest BCUT2D eigenvalue weighted by molar-refractivity contribution is -0.138. The number of carbonyl (C=O) groups excluding carboxylic acids is 1. The van der Waals surface area contributed by atoms with Gasteiger partial charge < -0.3 is 10.4 Å². The molecule has 2 heterocycles. The van der Waals surface area contributed by atoms with Crippen molar-refractivity contribution < 1.29 is 19.1 Å². The summed E-state index contributed by atoms with van der Waals surface area (Å²) in [6.45, 7) is 0.479. The van der Waals surface area contributed by atoms with Crippen LogP contribution in [0.25, 0.3) is 0 Å². The maximum atomic E-state index is 14.0. The zero-order chi connectivity index (χ0) is 25.9. The Morgan fingerprint density at radius 3 is 2.59 bits per heavy atom. The molecule has 0 bridgehead atoms. The third-order valence-corrected chi connectivity index (χ3v) is 7.60. The number of hydrogen-bond donors (Lipinski definition) is 2. The second kappa shape index (κ2) is 10.9. The quantitative estimate of drug-likeness (QED) is 0.487. The fourth-order valence-corrected chi connectivity index (χ4v) is 5.40. The fraction of sp³-hybridized carbons (Fsp3) is 0.321. The Balaban J connectivity index is 1.17. The summed E-state index contributed by atoms with van der Waals surface area (Å²) in [6.07, 6.45) is 9.71. The largest absolute Gasteiger partial charge is 0.481 e. The lowest BCUT2D eigenvalue weighted by Crippen LogP contribution is -2.41. The molecule has 0 aromatic heterocycles. The summed E-state index contributed by atoms with van der Waals surface area (Å²) >= 11 is 6.05. The van der Waals surface area contributed by atoms with Gasteiger partial charge in [0.1, 0.15) is 5.82 Å². The van der Waals surface area contributed by atoms with E-state index in [9.17, 15) is 14.0 Å². The number of aliphatic carboxylic acids is 1. The molecule has 2 aromatic carbocycles. The van der Waals surface area contributed by atoms with Crippen LogP contribution in [0, 0.1) is 11.7 Å². The van der Waals surface area contributed by atoms with Gasteiger partial charge in [-0.3, -0.25) is 14.5 Å². The molecule has 1 saturated carbocycles. The van der Waals surface area contributed by atoms with E-state index >= 15 is 0 Å². The number of nitrogens with one attached hydrogen (secondary N) is 1. The van der Waals surface area contributed by atoms with Crippen LogP contribution >= 0.6 is 11.6 Å². The summed E-state index contributed by atoms with van der Waals surface area (Å²) in [5.41, 5.74) is 2.81. The van der Waals surface area contributed by atoms with Crippen molar-refractivity contribution in [2.24, 2.45) is 10.9 Å². The van der Waals surface area contributed by atoms with Crippen LogP contribution in [0.1, 0.15) is 49.1 Å². The molecular weight excluding hydrogens is 495 g/mol. The average molecular weight is 523 g/mol. The number of nitrogens with zero attached hydrogens (tertiary/aromatic N) is 3. The third kappa shape index (κ3) is 5.76. The smallest absolute Gasteiger partial charge is 0.303 e. The molecule has 2 aromatic rings. The minimum Gasteiger partial charge on any atom is -0.481 e. The molecule has 1 fully saturated rings. The van der Waals surface area contributed by atoms with Crippen LogP contribution in [-0.4, -0.2) is 29.5 Å². The highest BCUT2D eigenvalue weighted by atomic mass is 35.5. The van der Waals surface area contributed by atoms with Crippen LogP contribution in [-0.2, 0) is 16.1 Å². The second-order valence-corrected chi connectivity index (χ2v) is 10.1. The van der Waals surface area contributed by atoms with E-state index < -0.39 is 17.7 Å². The average Bonchev–Trinajstić information content (AvgIpc) is 3.32. The molecular formula is C28H28ClFN4O3+. The van der Waals surface area contributed by atoms with Crippen molar-refractivity contribution in [2.45, 2.75) is 44.6 Å². The van der Waals surface area contributed by atoms with E-state index in [1.165, 1.54) is 17.7 Å². The maximum Gasteiger partial charge on any atom is 0.303 e. The van der Waals surface area contributed by atoms with E-state index in [1.54, 1.807) is 12.3 Å². The number of hydrogen-bond acceptors (Lipinski definition) is 5.